The van der Waals surface area contributed by atoms with E-state index >= 15 is 0 Å². The van der Waals surface area contributed by atoms with Crippen LogP contribution < -0.4 is 9.47 Å². The topological polar surface area (TPSA) is 49.2 Å². The molecule has 0 unspecified atom stereocenters. The number of fused-ring (bicyclic) bond motifs is 4. The highest BCUT2D eigenvalue weighted by Crippen LogP contribution is 2.43. The summed E-state index contributed by atoms with van der Waals surface area (Å²) in [6.45, 7) is 12.5. The van der Waals surface area contributed by atoms with Gasteiger partial charge in [0.15, 0.2) is 0 Å². The van der Waals surface area contributed by atoms with Crippen molar-refractivity contribution in [3.63, 3.8) is 0 Å². The lowest BCUT2D eigenvalue weighted by Crippen LogP contribution is -2.04. The normalized spacial score (nSPS) is 11.7. The van der Waals surface area contributed by atoms with Gasteiger partial charge in [0.05, 0.1) is 13.2 Å². The van der Waals surface area contributed by atoms with Crippen LogP contribution >= 0.6 is 22.7 Å². The first-order valence-corrected chi connectivity index (χ1v) is 18.4. The van der Waals surface area contributed by atoms with Crippen molar-refractivity contribution >= 4 is 55.5 Å². The third-order valence-electron chi connectivity index (χ3n) is 8.74. The number of aromatic nitrogens is 3. The van der Waals surface area contributed by atoms with Crippen LogP contribution in [0.25, 0.3) is 64.2 Å². The van der Waals surface area contributed by atoms with E-state index in [-0.39, 0.29) is 0 Å². The molecule has 0 saturated carbocycles. The Morgan fingerprint density at radius 3 is 1.87 bits per heavy atom. The molecule has 0 spiro atoms. The first kappa shape index (κ1) is 31.4. The standard InChI is InChI=1S/C40H41N3O2S2/c1-6-9-10-11-22-43-32-23-25(4)12-15-28(32)29-16-14-27(24-33(29)43)34-20-21-36(47-34)31-18-17-30(35-19-13-26(5)46-35)37-38(31)42-40(45-8-3)39(41-37)44-7-2/h12-21,23-24H,6-11,22H2,1-5H3. The Morgan fingerprint density at radius 1 is 0.617 bits per heavy atom. The summed E-state index contributed by atoms with van der Waals surface area (Å²) >= 11 is 3.56. The van der Waals surface area contributed by atoms with Crippen LogP contribution in [0, 0.1) is 13.8 Å². The van der Waals surface area contributed by atoms with Gasteiger partial charge >= 0.3 is 0 Å². The second kappa shape index (κ2) is 13.5. The number of thiophene rings is 2. The fourth-order valence-corrected chi connectivity index (χ4v) is 8.40. The molecule has 7 aromatic rings. The van der Waals surface area contributed by atoms with Crippen LogP contribution in [0.3, 0.4) is 0 Å². The van der Waals surface area contributed by atoms with Crippen molar-refractivity contribution in [1.82, 2.24) is 14.5 Å². The molecule has 240 valence electrons. The molecule has 0 fully saturated rings. The van der Waals surface area contributed by atoms with Crippen molar-refractivity contribution in [1.29, 1.82) is 0 Å². The molecule has 0 aliphatic carbocycles. The van der Waals surface area contributed by atoms with Crippen molar-refractivity contribution < 1.29 is 9.47 Å². The summed E-state index contributed by atoms with van der Waals surface area (Å²) in [4.78, 5) is 14.9. The fraction of sp³-hybridized carbons (Fsp3) is 0.300. The molecule has 0 bridgehead atoms. The van der Waals surface area contributed by atoms with Crippen molar-refractivity contribution in [2.45, 2.75) is 66.8 Å². The van der Waals surface area contributed by atoms with E-state index in [1.165, 1.54) is 73.2 Å². The average molecular weight is 660 g/mol. The van der Waals surface area contributed by atoms with Crippen molar-refractivity contribution in [2.75, 3.05) is 13.2 Å². The highest BCUT2D eigenvalue weighted by Gasteiger charge is 2.20. The van der Waals surface area contributed by atoms with Gasteiger partial charge in [-0.2, -0.15) is 0 Å². The maximum absolute atomic E-state index is 5.94. The van der Waals surface area contributed by atoms with Gasteiger partial charge < -0.3 is 14.0 Å². The zero-order valence-corrected chi connectivity index (χ0v) is 29.5. The summed E-state index contributed by atoms with van der Waals surface area (Å²) in [5.74, 6) is 0.876. The second-order valence-electron chi connectivity index (χ2n) is 12.1. The second-order valence-corrected chi connectivity index (χ2v) is 14.5. The Hall–Kier alpha value is -4.20. The number of unbranched alkanes of at least 4 members (excludes halogenated alkanes) is 3. The molecule has 0 N–H and O–H groups in total. The van der Waals surface area contributed by atoms with Crippen LogP contribution in [0.4, 0.5) is 0 Å². The van der Waals surface area contributed by atoms with Crippen LogP contribution in [0.1, 0.15) is 56.9 Å². The van der Waals surface area contributed by atoms with Crippen LogP contribution in [-0.4, -0.2) is 27.7 Å². The third-order valence-corrected chi connectivity index (χ3v) is 10.9. The van der Waals surface area contributed by atoms with E-state index in [4.69, 9.17) is 19.4 Å². The van der Waals surface area contributed by atoms with E-state index in [9.17, 15) is 0 Å². The number of nitrogens with zero attached hydrogens (tertiary/aromatic N) is 3. The van der Waals surface area contributed by atoms with Crippen molar-refractivity contribution in [2.24, 2.45) is 0 Å². The maximum atomic E-state index is 5.94. The summed E-state index contributed by atoms with van der Waals surface area (Å²) in [5.41, 5.74) is 8.94. The summed E-state index contributed by atoms with van der Waals surface area (Å²) in [7, 11) is 0. The van der Waals surface area contributed by atoms with Gasteiger partial charge in [-0.15, -0.1) is 22.7 Å². The molecule has 0 aliphatic rings. The molecule has 0 amide bonds. The van der Waals surface area contributed by atoms with Gasteiger partial charge in [0.1, 0.15) is 11.0 Å². The smallest absolute Gasteiger partial charge is 0.278 e. The van der Waals surface area contributed by atoms with E-state index in [1.54, 1.807) is 22.7 Å². The number of rotatable bonds is 12. The minimum absolute atomic E-state index is 0.437. The Labute approximate surface area is 284 Å². The lowest BCUT2D eigenvalue weighted by atomic mass is 10.0. The zero-order valence-electron chi connectivity index (χ0n) is 27.9. The highest BCUT2D eigenvalue weighted by molar-refractivity contribution is 7.19. The van der Waals surface area contributed by atoms with Crippen LogP contribution in [0.5, 0.6) is 11.8 Å². The summed E-state index contributed by atoms with van der Waals surface area (Å²) in [6.07, 6.45) is 4.98. The molecule has 5 nitrogen and oxygen atoms in total. The van der Waals surface area contributed by atoms with E-state index in [0.29, 0.717) is 25.0 Å². The number of hydrogen-bond donors (Lipinski definition) is 0. The van der Waals surface area contributed by atoms with Gasteiger partial charge in [0.2, 0.25) is 0 Å². The van der Waals surface area contributed by atoms with Gasteiger partial charge in [-0.3, -0.25) is 0 Å². The van der Waals surface area contributed by atoms with E-state index < -0.39 is 0 Å². The number of aryl methyl sites for hydroxylation is 3. The molecule has 7 rings (SSSR count). The van der Waals surface area contributed by atoms with Gasteiger partial charge in [-0.25, -0.2) is 9.97 Å². The first-order valence-electron chi connectivity index (χ1n) is 16.8. The lowest BCUT2D eigenvalue weighted by Gasteiger charge is -2.13. The molecule has 0 saturated heterocycles. The minimum Gasteiger partial charge on any atom is -0.474 e. The van der Waals surface area contributed by atoms with Gasteiger partial charge in [0, 0.05) is 59.0 Å². The maximum Gasteiger partial charge on any atom is 0.278 e. The predicted octanol–water partition coefficient (Wildman–Crippen LogP) is 11.9. The Bertz CT molecular complexity index is 2210. The van der Waals surface area contributed by atoms with Crippen LogP contribution in [0.15, 0.2) is 72.8 Å². The average Bonchev–Trinajstić information content (AvgIpc) is 3.81. The van der Waals surface area contributed by atoms with Gasteiger partial charge in [-0.05, 0) is 81.6 Å². The van der Waals surface area contributed by atoms with Crippen molar-refractivity contribution in [3.8, 4) is 43.1 Å². The molecule has 4 heterocycles. The summed E-state index contributed by atoms with van der Waals surface area (Å²) < 4.78 is 14.4. The monoisotopic (exact) mass is 659 g/mol. The number of benzene rings is 3. The van der Waals surface area contributed by atoms with Gasteiger partial charge in [0.25, 0.3) is 11.8 Å². The molecule has 7 heteroatoms. The first-order chi connectivity index (χ1) is 23.0. The molecule has 0 atom stereocenters. The number of hydrogen-bond acceptors (Lipinski definition) is 6. The fourth-order valence-electron chi connectivity index (χ4n) is 6.48. The molecular weight excluding hydrogens is 619 g/mol. The van der Waals surface area contributed by atoms with Crippen LogP contribution in [-0.2, 0) is 6.54 Å². The van der Waals surface area contributed by atoms with Gasteiger partial charge in [-0.1, -0.05) is 62.6 Å². The highest BCUT2D eigenvalue weighted by atomic mass is 32.1. The SMILES string of the molecule is CCCCCCn1c2cc(C)ccc2c2ccc(-c3ccc(-c4ccc(-c5ccc(C)s5)c5nc(OCC)c(OCC)nc45)s3)cc21. The molecule has 47 heavy (non-hydrogen) atoms. The predicted molar refractivity (Wildman–Crippen MR) is 201 cm³/mol. The quantitative estimate of drug-likeness (QED) is 0.122. The molecule has 3 aromatic carbocycles. The van der Waals surface area contributed by atoms with E-state index in [2.05, 4.69) is 98.1 Å². The lowest BCUT2D eigenvalue weighted by molar-refractivity contribution is 0.271. The van der Waals surface area contributed by atoms with Crippen LogP contribution in [0.2, 0.25) is 0 Å². The molecular formula is C40H41N3O2S2. The minimum atomic E-state index is 0.437. The Balaban J connectivity index is 1.34. The molecule has 4 aromatic heterocycles. The summed E-state index contributed by atoms with van der Waals surface area (Å²) in [5, 5.41) is 2.66. The third kappa shape index (κ3) is 6.03. The Morgan fingerprint density at radius 2 is 1.23 bits per heavy atom. The molecule has 0 aliphatic heterocycles. The summed E-state index contributed by atoms with van der Waals surface area (Å²) in [6, 6.07) is 27.0. The number of ether oxygens (including phenoxy) is 2. The Kier molecular flexibility index (Phi) is 9.02. The largest absolute Gasteiger partial charge is 0.474 e. The van der Waals surface area contributed by atoms with Crippen molar-refractivity contribution in [3.05, 3.63) is 83.2 Å². The van der Waals surface area contributed by atoms with E-state index in [1.807, 2.05) is 13.8 Å². The van der Waals surface area contributed by atoms with E-state index in [0.717, 1.165) is 33.6 Å². The molecule has 0 radical (unpaired) electrons. The zero-order chi connectivity index (χ0) is 32.5.